The molecule has 0 spiro atoms. The lowest BCUT2D eigenvalue weighted by Gasteiger charge is -2.06. The van der Waals surface area contributed by atoms with E-state index in [1.54, 1.807) is 0 Å². The first-order valence-corrected chi connectivity index (χ1v) is 5.79. The first-order chi connectivity index (χ1) is 4.81. The predicted octanol–water partition coefficient (Wildman–Crippen LogP) is 4.00. The van der Waals surface area contributed by atoms with E-state index in [9.17, 15) is 0 Å². The molecular weight excluding hydrogens is 258 g/mol. The van der Waals surface area contributed by atoms with Crippen LogP contribution in [0, 0.1) is 0 Å². The molecule has 0 aromatic heterocycles. The molecule has 0 aliphatic carbocycles. The Morgan fingerprint density at radius 3 is 2.40 bits per heavy atom. The van der Waals surface area contributed by atoms with Crippen LogP contribution < -0.4 is 0 Å². The van der Waals surface area contributed by atoms with Crippen molar-refractivity contribution >= 4 is 34.2 Å². The molecule has 62 valence electrons. The highest BCUT2D eigenvalue weighted by Gasteiger charge is 2.01. The molecule has 0 saturated carbocycles. The molecule has 0 aromatic rings. The maximum Gasteiger partial charge on any atom is 0.0223 e. The minimum atomic E-state index is 0.825. The average molecular weight is 275 g/mol. The zero-order chi connectivity index (χ0) is 7.82. The van der Waals surface area contributed by atoms with E-state index < -0.39 is 0 Å². The summed E-state index contributed by atoms with van der Waals surface area (Å²) in [5.41, 5.74) is 0. The molecule has 0 nitrogen and oxygen atoms in total. The van der Waals surface area contributed by atoms with Gasteiger partial charge in [-0.3, -0.25) is 0 Å². The molecule has 1 unspecified atom stereocenters. The highest BCUT2D eigenvalue weighted by molar-refractivity contribution is 14.1. The van der Waals surface area contributed by atoms with Gasteiger partial charge in [0.25, 0.3) is 0 Å². The molecule has 0 amide bonds. The fourth-order valence-corrected chi connectivity index (χ4v) is 1.90. The van der Waals surface area contributed by atoms with Gasteiger partial charge in [-0.05, 0) is 19.3 Å². The molecule has 0 radical (unpaired) electrons. The fraction of sp³-hybridized carbons (Fsp3) is 1.00. The SMILES string of the molecule is CCCCC(I)CCCCl. The molecule has 1 atom stereocenters. The van der Waals surface area contributed by atoms with Crippen LogP contribution in [0.2, 0.25) is 0 Å². The maximum absolute atomic E-state index is 5.58. The molecule has 0 N–H and O–H groups in total. The standard InChI is InChI=1S/C8H16ClI/c1-2-3-5-8(10)6-4-7-9/h8H,2-7H2,1H3. The second-order valence-electron chi connectivity index (χ2n) is 2.57. The summed E-state index contributed by atoms with van der Waals surface area (Å²) in [6.07, 6.45) is 6.53. The third-order valence-electron chi connectivity index (χ3n) is 1.52. The van der Waals surface area contributed by atoms with Gasteiger partial charge < -0.3 is 0 Å². The Balaban J connectivity index is 3.00. The van der Waals surface area contributed by atoms with Crippen LogP contribution in [0.4, 0.5) is 0 Å². The minimum absolute atomic E-state index is 0.825. The molecule has 10 heavy (non-hydrogen) atoms. The molecule has 0 saturated heterocycles. The van der Waals surface area contributed by atoms with Crippen LogP contribution in [0.3, 0.4) is 0 Å². The summed E-state index contributed by atoms with van der Waals surface area (Å²) in [4.78, 5) is 0. The van der Waals surface area contributed by atoms with Crippen molar-refractivity contribution in [3.63, 3.8) is 0 Å². The van der Waals surface area contributed by atoms with Gasteiger partial charge >= 0.3 is 0 Å². The normalized spacial score (nSPS) is 13.5. The summed E-state index contributed by atoms with van der Waals surface area (Å²) in [5, 5.41) is 0. The first kappa shape index (κ1) is 11.0. The van der Waals surface area contributed by atoms with Crippen molar-refractivity contribution in [3.05, 3.63) is 0 Å². The van der Waals surface area contributed by atoms with Crippen LogP contribution in [0.25, 0.3) is 0 Å². The zero-order valence-corrected chi connectivity index (χ0v) is 9.49. The van der Waals surface area contributed by atoms with Crippen molar-refractivity contribution in [2.24, 2.45) is 0 Å². The lowest BCUT2D eigenvalue weighted by atomic mass is 10.1. The van der Waals surface area contributed by atoms with E-state index in [0.29, 0.717) is 0 Å². The highest BCUT2D eigenvalue weighted by Crippen LogP contribution is 2.16. The van der Waals surface area contributed by atoms with Crippen LogP contribution in [0.1, 0.15) is 39.0 Å². The van der Waals surface area contributed by atoms with E-state index in [0.717, 1.165) is 9.80 Å². The maximum atomic E-state index is 5.58. The Labute approximate surface area is 82.9 Å². The number of hydrogen-bond acceptors (Lipinski definition) is 0. The van der Waals surface area contributed by atoms with E-state index in [-0.39, 0.29) is 0 Å². The average Bonchev–Trinajstić information content (AvgIpc) is 1.97. The van der Waals surface area contributed by atoms with E-state index in [2.05, 4.69) is 29.5 Å². The van der Waals surface area contributed by atoms with Crippen molar-refractivity contribution in [2.45, 2.75) is 43.0 Å². The molecule has 0 fully saturated rings. The second-order valence-corrected chi connectivity index (χ2v) is 4.71. The largest absolute Gasteiger partial charge is 0.127 e. The van der Waals surface area contributed by atoms with Crippen molar-refractivity contribution in [1.29, 1.82) is 0 Å². The summed E-state index contributed by atoms with van der Waals surface area (Å²) in [6, 6.07) is 0. The van der Waals surface area contributed by atoms with Gasteiger partial charge in [0.1, 0.15) is 0 Å². The van der Waals surface area contributed by atoms with Gasteiger partial charge in [-0.25, -0.2) is 0 Å². The Morgan fingerprint density at radius 2 is 1.90 bits per heavy atom. The minimum Gasteiger partial charge on any atom is -0.127 e. The lowest BCUT2D eigenvalue weighted by Crippen LogP contribution is -1.97. The second kappa shape index (κ2) is 8.12. The monoisotopic (exact) mass is 274 g/mol. The fourth-order valence-electron chi connectivity index (χ4n) is 0.869. The van der Waals surface area contributed by atoms with E-state index >= 15 is 0 Å². The number of hydrogen-bond donors (Lipinski definition) is 0. The van der Waals surface area contributed by atoms with Gasteiger partial charge in [-0.15, -0.1) is 11.6 Å². The topological polar surface area (TPSA) is 0 Å². The summed E-state index contributed by atoms with van der Waals surface area (Å²) in [7, 11) is 0. The number of alkyl halides is 2. The molecule has 2 heteroatoms. The van der Waals surface area contributed by atoms with Gasteiger partial charge in [-0.2, -0.15) is 0 Å². The van der Waals surface area contributed by atoms with Crippen LogP contribution in [0.15, 0.2) is 0 Å². The van der Waals surface area contributed by atoms with Crippen LogP contribution in [-0.2, 0) is 0 Å². The van der Waals surface area contributed by atoms with Gasteiger partial charge in [0.15, 0.2) is 0 Å². The first-order valence-electron chi connectivity index (χ1n) is 4.01. The Bertz CT molecular complexity index is 58.3. The molecular formula is C8H16ClI. The third kappa shape index (κ3) is 7.13. The Hall–Kier alpha value is 1.02. The molecule has 0 rings (SSSR count). The third-order valence-corrected chi connectivity index (χ3v) is 3.03. The Morgan fingerprint density at radius 1 is 1.30 bits per heavy atom. The Kier molecular flexibility index (Phi) is 8.95. The molecule has 0 bridgehead atoms. The van der Waals surface area contributed by atoms with Gasteiger partial charge in [0, 0.05) is 9.80 Å². The molecule has 0 heterocycles. The number of unbranched alkanes of at least 4 members (excludes halogenated alkanes) is 1. The van der Waals surface area contributed by atoms with Crippen molar-refractivity contribution < 1.29 is 0 Å². The van der Waals surface area contributed by atoms with Gasteiger partial charge in [0.05, 0.1) is 0 Å². The summed E-state index contributed by atoms with van der Waals surface area (Å²) >= 11 is 8.11. The predicted molar refractivity (Wildman–Crippen MR) is 57.3 cm³/mol. The quantitative estimate of drug-likeness (QED) is 0.507. The van der Waals surface area contributed by atoms with Crippen molar-refractivity contribution in [1.82, 2.24) is 0 Å². The summed E-state index contributed by atoms with van der Waals surface area (Å²) < 4.78 is 0.858. The smallest absolute Gasteiger partial charge is 0.0223 e. The van der Waals surface area contributed by atoms with E-state index in [4.69, 9.17) is 11.6 Å². The highest BCUT2D eigenvalue weighted by atomic mass is 127. The zero-order valence-electron chi connectivity index (χ0n) is 6.58. The van der Waals surface area contributed by atoms with Crippen LogP contribution >= 0.6 is 34.2 Å². The van der Waals surface area contributed by atoms with Crippen molar-refractivity contribution in [3.8, 4) is 0 Å². The molecule has 0 aliphatic rings. The van der Waals surface area contributed by atoms with E-state index in [1.807, 2.05) is 0 Å². The van der Waals surface area contributed by atoms with Gasteiger partial charge in [-0.1, -0.05) is 42.4 Å². The van der Waals surface area contributed by atoms with Crippen molar-refractivity contribution in [2.75, 3.05) is 5.88 Å². The molecule has 0 aromatic carbocycles. The van der Waals surface area contributed by atoms with Crippen LogP contribution in [0.5, 0.6) is 0 Å². The molecule has 0 aliphatic heterocycles. The number of rotatable bonds is 6. The number of halogens is 2. The summed E-state index contributed by atoms with van der Waals surface area (Å²) in [5.74, 6) is 0.825. The van der Waals surface area contributed by atoms with E-state index in [1.165, 1.54) is 32.1 Å². The lowest BCUT2D eigenvalue weighted by molar-refractivity contribution is 0.657. The van der Waals surface area contributed by atoms with Crippen LogP contribution in [-0.4, -0.2) is 9.80 Å². The van der Waals surface area contributed by atoms with Gasteiger partial charge in [0.2, 0.25) is 0 Å². The summed E-state index contributed by atoms with van der Waals surface area (Å²) in [6.45, 7) is 2.24.